The Balaban J connectivity index is 1.94. The molecule has 1 aliphatic heterocycles. The van der Waals surface area contributed by atoms with Crippen LogP contribution in [-0.4, -0.2) is 67.5 Å². The largest absolute Gasteiger partial charge is 0.387 e. The van der Waals surface area contributed by atoms with Gasteiger partial charge < -0.3 is 10.2 Å². The van der Waals surface area contributed by atoms with Crippen molar-refractivity contribution in [2.75, 3.05) is 46.3 Å². The van der Waals surface area contributed by atoms with Gasteiger partial charge in [0.1, 0.15) is 0 Å². The standard InChI is InChI=1S/C33H51N5/c1-12-35-32-29(14-13-15-30(32)33(8,9)10)27(6)36-18-19-37-20-22-38(23-21-37)26(5)17-16-25(4)31(24(2)3)28(7)34-11/h12-17,36H,1,18-23H2,2-11H3/b25-16-,26-17+,29-27+,34-28-,35-32+. The average Bonchev–Trinajstić information content (AvgIpc) is 2.87. The predicted molar refractivity (Wildman–Crippen MR) is 168 cm³/mol. The summed E-state index contributed by atoms with van der Waals surface area (Å²) < 4.78 is 0. The molecule has 0 saturated carbocycles. The lowest BCUT2D eigenvalue weighted by Gasteiger charge is -2.36. The minimum Gasteiger partial charge on any atom is -0.387 e. The van der Waals surface area contributed by atoms with E-state index in [-0.39, 0.29) is 5.41 Å². The van der Waals surface area contributed by atoms with Gasteiger partial charge in [-0.2, -0.15) is 0 Å². The molecule has 0 spiro atoms. The molecule has 1 fully saturated rings. The van der Waals surface area contributed by atoms with Gasteiger partial charge in [-0.15, -0.1) is 0 Å². The summed E-state index contributed by atoms with van der Waals surface area (Å²) >= 11 is 0. The lowest BCUT2D eigenvalue weighted by molar-refractivity contribution is 0.160. The molecule has 1 heterocycles. The van der Waals surface area contributed by atoms with Crippen molar-refractivity contribution in [3.05, 3.63) is 82.4 Å². The summed E-state index contributed by atoms with van der Waals surface area (Å²) in [7, 11) is 1.86. The van der Waals surface area contributed by atoms with E-state index in [0.29, 0.717) is 0 Å². The molecule has 5 nitrogen and oxygen atoms in total. The maximum atomic E-state index is 4.64. The van der Waals surface area contributed by atoms with Gasteiger partial charge in [-0.05, 0) is 69.8 Å². The minimum atomic E-state index is 0.0233. The van der Waals surface area contributed by atoms with E-state index in [1.165, 1.54) is 28.0 Å². The second-order valence-electron chi connectivity index (χ2n) is 11.5. The third-order valence-electron chi connectivity index (χ3n) is 7.32. The third kappa shape index (κ3) is 8.56. The van der Waals surface area contributed by atoms with Crippen LogP contribution in [0, 0.1) is 5.41 Å². The van der Waals surface area contributed by atoms with Crippen LogP contribution in [0.5, 0.6) is 0 Å². The van der Waals surface area contributed by atoms with E-state index >= 15 is 0 Å². The van der Waals surface area contributed by atoms with Crippen molar-refractivity contribution in [1.29, 1.82) is 0 Å². The van der Waals surface area contributed by atoms with E-state index < -0.39 is 0 Å². The Bertz CT molecular complexity index is 1100. The maximum Gasteiger partial charge on any atom is 0.0756 e. The maximum absolute atomic E-state index is 4.64. The van der Waals surface area contributed by atoms with E-state index in [1.54, 1.807) is 6.20 Å². The molecule has 1 N–H and O–H groups in total. The summed E-state index contributed by atoms with van der Waals surface area (Å²) in [6.07, 6.45) is 12.6. The quantitative estimate of drug-likeness (QED) is 0.268. The summed E-state index contributed by atoms with van der Waals surface area (Å²) in [5.74, 6) is 0. The topological polar surface area (TPSA) is 43.2 Å². The van der Waals surface area contributed by atoms with E-state index in [2.05, 4.69) is 124 Å². The molecule has 2 aliphatic rings. The molecule has 0 amide bonds. The Morgan fingerprint density at radius 1 is 1.03 bits per heavy atom. The summed E-state index contributed by atoms with van der Waals surface area (Å²) in [4.78, 5) is 14.1. The number of hydrogen-bond acceptors (Lipinski definition) is 5. The fourth-order valence-electron chi connectivity index (χ4n) is 5.09. The van der Waals surface area contributed by atoms with Crippen LogP contribution in [0.25, 0.3) is 0 Å². The molecule has 1 saturated heterocycles. The highest BCUT2D eigenvalue weighted by atomic mass is 15.3. The van der Waals surface area contributed by atoms with Crippen molar-refractivity contribution < 1.29 is 0 Å². The molecule has 0 atom stereocenters. The Hall–Kier alpha value is -2.92. The van der Waals surface area contributed by atoms with Crippen LogP contribution < -0.4 is 5.32 Å². The lowest BCUT2D eigenvalue weighted by Crippen LogP contribution is -2.47. The highest BCUT2D eigenvalue weighted by Crippen LogP contribution is 2.32. The highest BCUT2D eigenvalue weighted by molar-refractivity contribution is 6.16. The van der Waals surface area contributed by atoms with Gasteiger partial charge in [0.25, 0.3) is 0 Å². The molecule has 38 heavy (non-hydrogen) atoms. The molecular formula is C33H51N5. The monoisotopic (exact) mass is 517 g/mol. The van der Waals surface area contributed by atoms with Crippen molar-refractivity contribution in [2.24, 2.45) is 15.4 Å². The Kier molecular flexibility index (Phi) is 11.8. The molecule has 0 aromatic carbocycles. The number of nitrogens with zero attached hydrogens (tertiary/aromatic N) is 4. The highest BCUT2D eigenvalue weighted by Gasteiger charge is 2.26. The van der Waals surface area contributed by atoms with Crippen molar-refractivity contribution in [2.45, 2.75) is 62.3 Å². The van der Waals surface area contributed by atoms with Gasteiger partial charge in [0.15, 0.2) is 0 Å². The van der Waals surface area contributed by atoms with Gasteiger partial charge in [0.2, 0.25) is 0 Å². The smallest absolute Gasteiger partial charge is 0.0756 e. The van der Waals surface area contributed by atoms with Crippen molar-refractivity contribution in [1.82, 2.24) is 15.1 Å². The first-order valence-corrected chi connectivity index (χ1v) is 13.9. The zero-order valence-electron chi connectivity index (χ0n) is 25.7. The van der Waals surface area contributed by atoms with Crippen LogP contribution in [0.15, 0.2) is 92.4 Å². The molecule has 0 unspecified atom stereocenters. The Morgan fingerprint density at radius 3 is 2.24 bits per heavy atom. The summed E-state index contributed by atoms with van der Waals surface area (Å²) in [5, 5.41) is 3.66. The van der Waals surface area contributed by atoms with Crippen LogP contribution in [0.4, 0.5) is 0 Å². The zero-order valence-corrected chi connectivity index (χ0v) is 25.7. The predicted octanol–water partition coefficient (Wildman–Crippen LogP) is 6.87. The summed E-state index contributed by atoms with van der Waals surface area (Å²) in [5.41, 5.74) is 10.8. The van der Waals surface area contributed by atoms with Crippen molar-refractivity contribution in [3.63, 3.8) is 0 Å². The van der Waals surface area contributed by atoms with E-state index in [1.807, 2.05) is 7.05 Å². The summed E-state index contributed by atoms with van der Waals surface area (Å²) in [6, 6.07) is 0. The Morgan fingerprint density at radius 2 is 1.68 bits per heavy atom. The van der Waals surface area contributed by atoms with Crippen molar-refractivity contribution >= 4 is 11.4 Å². The minimum absolute atomic E-state index is 0.0233. The number of allylic oxidation sites excluding steroid dienone is 12. The molecule has 5 heteroatoms. The molecule has 1 aliphatic carbocycles. The van der Waals surface area contributed by atoms with E-state index in [0.717, 1.165) is 62.0 Å². The average molecular weight is 518 g/mol. The molecule has 208 valence electrons. The number of rotatable bonds is 9. The van der Waals surface area contributed by atoms with E-state index in [9.17, 15) is 0 Å². The van der Waals surface area contributed by atoms with Gasteiger partial charge in [-0.25, -0.2) is 0 Å². The van der Waals surface area contributed by atoms with Crippen LogP contribution in [0.1, 0.15) is 62.3 Å². The molecule has 0 aromatic rings. The first-order chi connectivity index (χ1) is 17.9. The molecular weight excluding hydrogens is 466 g/mol. The fourth-order valence-corrected chi connectivity index (χ4v) is 5.09. The van der Waals surface area contributed by atoms with Crippen LogP contribution in [0.3, 0.4) is 0 Å². The molecule has 0 radical (unpaired) electrons. The fraction of sp³-hybridized carbons (Fsp3) is 0.515. The molecule has 0 aromatic heterocycles. The number of hydrogen-bond donors (Lipinski definition) is 1. The molecule has 2 rings (SSSR count). The third-order valence-corrected chi connectivity index (χ3v) is 7.32. The normalized spacial score (nSPS) is 20.5. The van der Waals surface area contributed by atoms with Gasteiger partial charge in [0.05, 0.1) is 5.71 Å². The van der Waals surface area contributed by atoms with Gasteiger partial charge >= 0.3 is 0 Å². The van der Waals surface area contributed by atoms with Crippen LogP contribution in [-0.2, 0) is 0 Å². The van der Waals surface area contributed by atoms with Gasteiger partial charge in [-0.1, -0.05) is 57.2 Å². The number of nitrogens with one attached hydrogen (secondary N) is 1. The van der Waals surface area contributed by atoms with E-state index in [4.69, 9.17) is 0 Å². The Labute approximate surface area is 232 Å². The van der Waals surface area contributed by atoms with Gasteiger partial charge in [0, 0.05) is 75.2 Å². The van der Waals surface area contributed by atoms with Crippen molar-refractivity contribution in [3.8, 4) is 0 Å². The first kappa shape index (κ1) is 31.3. The SMILES string of the molecule is C=C/N=C1/C(C(C)(C)C)=CC=C/C1=C(/C)NCCN1CCN(/C(C)=C/C=C(/C)C(=C(C)C)/C(C)=N\C)CC1. The molecule has 0 bridgehead atoms. The second kappa shape index (κ2) is 14.3. The first-order valence-electron chi connectivity index (χ1n) is 13.9. The zero-order chi connectivity index (χ0) is 28.5. The van der Waals surface area contributed by atoms with Crippen LogP contribution >= 0.6 is 0 Å². The number of aliphatic imine (C=N–C) groups is 2. The lowest BCUT2D eigenvalue weighted by atomic mass is 9.78. The number of piperazine rings is 1. The second-order valence-corrected chi connectivity index (χ2v) is 11.5. The van der Waals surface area contributed by atoms with Gasteiger partial charge in [-0.3, -0.25) is 14.9 Å². The summed E-state index contributed by atoms with van der Waals surface area (Å²) in [6.45, 7) is 29.7. The van der Waals surface area contributed by atoms with Crippen LogP contribution in [0.2, 0.25) is 0 Å².